The van der Waals surface area contributed by atoms with Crippen LogP contribution in [0.3, 0.4) is 0 Å². The van der Waals surface area contributed by atoms with Crippen LogP contribution in [0.4, 0.5) is 5.13 Å². The minimum Gasteiger partial charge on any atom is -0.342 e. The Morgan fingerprint density at radius 3 is 3.14 bits per heavy atom. The van der Waals surface area contributed by atoms with Gasteiger partial charge in [0.1, 0.15) is 5.51 Å². The van der Waals surface area contributed by atoms with Gasteiger partial charge in [-0.05, 0) is 25.2 Å². The summed E-state index contributed by atoms with van der Waals surface area (Å²) in [4.78, 5) is 28.1. The lowest BCUT2D eigenvalue weighted by Gasteiger charge is -2.41. The van der Waals surface area contributed by atoms with E-state index in [4.69, 9.17) is 0 Å². The van der Waals surface area contributed by atoms with E-state index in [-0.39, 0.29) is 11.8 Å². The van der Waals surface area contributed by atoms with Gasteiger partial charge in [-0.1, -0.05) is 11.3 Å². The summed E-state index contributed by atoms with van der Waals surface area (Å²) in [5, 5.41) is 10.8. The van der Waals surface area contributed by atoms with E-state index in [1.807, 2.05) is 11.9 Å². The van der Waals surface area contributed by atoms with Crippen LogP contribution in [0.25, 0.3) is 0 Å². The van der Waals surface area contributed by atoms with Gasteiger partial charge in [-0.2, -0.15) is 0 Å². The number of rotatable bonds is 3. The second-order valence-corrected chi connectivity index (χ2v) is 6.87. The molecular weight excluding hydrogens is 302 g/mol. The first-order chi connectivity index (χ1) is 10.6. The van der Waals surface area contributed by atoms with Crippen LogP contribution in [0.15, 0.2) is 5.51 Å². The average molecular weight is 323 g/mol. The summed E-state index contributed by atoms with van der Waals surface area (Å²) in [5.41, 5.74) is 1.60. The van der Waals surface area contributed by atoms with Gasteiger partial charge in [0.25, 0.3) is 0 Å². The first-order valence-electron chi connectivity index (χ1n) is 7.67. The van der Waals surface area contributed by atoms with Crippen molar-refractivity contribution in [3.63, 3.8) is 0 Å². The fourth-order valence-electron chi connectivity index (χ4n) is 3.50. The Morgan fingerprint density at radius 1 is 1.50 bits per heavy atom. The van der Waals surface area contributed by atoms with Crippen molar-refractivity contribution in [2.24, 2.45) is 5.92 Å². The number of carbonyl (C=O) groups is 2. The van der Waals surface area contributed by atoms with Crippen molar-refractivity contribution in [1.29, 1.82) is 0 Å². The smallest absolute Gasteiger partial charge is 0.240 e. The van der Waals surface area contributed by atoms with Crippen LogP contribution < -0.4 is 5.32 Å². The quantitative estimate of drug-likeness (QED) is 0.890. The second-order valence-electron chi connectivity index (χ2n) is 6.04. The van der Waals surface area contributed by atoms with Crippen LogP contribution in [-0.4, -0.2) is 64.5 Å². The summed E-state index contributed by atoms with van der Waals surface area (Å²) in [6.07, 6.45) is 3.62. The Labute approximate surface area is 133 Å². The predicted octanol–water partition coefficient (Wildman–Crippen LogP) is 0.809. The van der Waals surface area contributed by atoms with Gasteiger partial charge in [-0.3, -0.25) is 19.8 Å². The number of anilines is 1. The normalized spacial score (nSPS) is 26.4. The Hall–Kier alpha value is -1.54. The third-order valence-corrected chi connectivity index (χ3v) is 5.21. The van der Waals surface area contributed by atoms with E-state index < -0.39 is 0 Å². The van der Waals surface area contributed by atoms with Crippen molar-refractivity contribution in [3.8, 4) is 0 Å². The van der Waals surface area contributed by atoms with Crippen LogP contribution in [0.1, 0.15) is 25.7 Å². The van der Waals surface area contributed by atoms with Gasteiger partial charge in [0, 0.05) is 32.6 Å². The maximum Gasteiger partial charge on any atom is 0.240 e. The van der Waals surface area contributed by atoms with E-state index in [0.29, 0.717) is 30.1 Å². The highest BCUT2D eigenvalue weighted by atomic mass is 32.1. The highest BCUT2D eigenvalue weighted by Gasteiger charge is 2.35. The van der Waals surface area contributed by atoms with Crippen molar-refractivity contribution >= 4 is 28.3 Å². The van der Waals surface area contributed by atoms with Gasteiger partial charge in [0.05, 0.1) is 6.54 Å². The largest absolute Gasteiger partial charge is 0.342 e. The molecule has 1 aromatic rings. The number of piperidine rings is 1. The van der Waals surface area contributed by atoms with Crippen LogP contribution in [0.5, 0.6) is 0 Å². The number of carbonyl (C=O) groups excluding carboxylic acids is 2. The average Bonchev–Trinajstić information content (AvgIpc) is 2.94. The topological polar surface area (TPSA) is 78.4 Å². The Morgan fingerprint density at radius 2 is 2.36 bits per heavy atom. The zero-order valence-electron chi connectivity index (χ0n) is 12.7. The van der Waals surface area contributed by atoms with E-state index in [1.54, 1.807) is 5.51 Å². The van der Waals surface area contributed by atoms with E-state index in [9.17, 15) is 9.59 Å². The molecule has 0 radical (unpaired) electrons. The molecule has 22 heavy (non-hydrogen) atoms. The summed E-state index contributed by atoms with van der Waals surface area (Å²) < 4.78 is 0. The predicted molar refractivity (Wildman–Crippen MR) is 83.5 cm³/mol. The molecule has 3 heterocycles. The van der Waals surface area contributed by atoms with Crippen LogP contribution in [-0.2, 0) is 9.59 Å². The highest BCUT2D eigenvalue weighted by Crippen LogP contribution is 2.29. The molecule has 2 amide bonds. The number of nitrogens with zero attached hydrogens (tertiary/aromatic N) is 4. The van der Waals surface area contributed by atoms with Gasteiger partial charge in [0.2, 0.25) is 16.9 Å². The molecule has 0 aromatic carbocycles. The zero-order valence-corrected chi connectivity index (χ0v) is 13.5. The second kappa shape index (κ2) is 6.70. The van der Waals surface area contributed by atoms with E-state index in [0.717, 1.165) is 32.4 Å². The molecule has 0 bridgehead atoms. The summed E-state index contributed by atoms with van der Waals surface area (Å²) in [5.74, 6) is 0.683. The number of hydrogen-bond donors (Lipinski definition) is 1. The molecule has 2 atom stereocenters. The molecule has 7 nitrogen and oxygen atoms in total. The standard InChI is InChI=1S/C14H21N5O2S/c1-18-11-5-6-19(7-10(11)3-2-4-13(18)21)8-12(20)16-14-17-15-9-22-14/h9-11H,2-8H2,1H3,(H,16,17,20)/t10-,11+/m0/s1. The molecule has 2 saturated heterocycles. The first kappa shape index (κ1) is 15.4. The summed E-state index contributed by atoms with van der Waals surface area (Å²) in [7, 11) is 1.92. The number of nitrogens with one attached hydrogen (secondary N) is 1. The van der Waals surface area contributed by atoms with Gasteiger partial charge in [-0.15, -0.1) is 10.2 Å². The van der Waals surface area contributed by atoms with Crippen molar-refractivity contribution in [3.05, 3.63) is 5.51 Å². The third kappa shape index (κ3) is 3.44. The molecule has 8 heteroatoms. The zero-order chi connectivity index (χ0) is 15.5. The fraction of sp³-hybridized carbons (Fsp3) is 0.714. The molecule has 120 valence electrons. The molecule has 2 aliphatic rings. The Bertz CT molecular complexity index is 535. The molecule has 0 aliphatic carbocycles. The summed E-state index contributed by atoms with van der Waals surface area (Å²) in [6.45, 7) is 2.11. The van der Waals surface area contributed by atoms with Crippen molar-refractivity contribution < 1.29 is 9.59 Å². The van der Waals surface area contributed by atoms with E-state index in [1.165, 1.54) is 11.3 Å². The Kier molecular flexibility index (Phi) is 4.68. The fourth-order valence-corrected chi connectivity index (χ4v) is 3.96. The lowest BCUT2D eigenvalue weighted by Crippen LogP contribution is -2.51. The van der Waals surface area contributed by atoms with Gasteiger partial charge < -0.3 is 4.90 Å². The molecule has 1 aromatic heterocycles. The maximum atomic E-state index is 12.0. The number of fused-ring (bicyclic) bond motifs is 1. The number of likely N-dealkylation sites (tertiary alicyclic amines) is 2. The van der Waals surface area contributed by atoms with E-state index >= 15 is 0 Å². The number of hydrogen-bond acceptors (Lipinski definition) is 6. The first-order valence-corrected chi connectivity index (χ1v) is 8.55. The monoisotopic (exact) mass is 323 g/mol. The molecule has 1 N–H and O–H groups in total. The Balaban J connectivity index is 1.55. The molecule has 2 fully saturated rings. The number of amides is 2. The maximum absolute atomic E-state index is 12.0. The molecule has 0 saturated carbocycles. The molecule has 3 rings (SSSR count). The van der Waals surface area contributed by atoms with E-state index in [2.05, 4.69) is 20.4 Å². The molecular formula is C14H21N5O2S. The van der Waals surface area contributed by atoms with Crippen molar-refractivity contribution in [2.45, 2.75) is 31.7 Å². The van der Waals surface area contributed by atoms with Gasteiger partial charge in [0.15, 0.2) is 0 Å². The lowest BCUT2D eigenvalue weighted by molar-refractivity contribution is -0.133. The lowest BCUT2D eigenvalue weighted by atomic mass is 9.88. The SMILES string of the molecule is CN1C(=O)CCC[C@H]2CN(CC(=O)Nc3nncs3)CC[C@H]21. The van der Waals surface area contributed by atoms with Gasteiger partial charge >= 0.3 is 0 Å². The summed E-state index contributed by atoms with van der Waals surface area (Å²) in [6, 6.07) is 0.331. The molecule has 0 unspecified atom stereocenters. The summed E-state index contributed by atoms with van der Waals surface area (Å²) >= 11 is 1.32. The van der Waals surface area contributed by atoms with Crippen molar-refractivity contribution in [1.82, 2.24) is 20.0 Å². The number of aromatic nitrogens is 2. The van der Waals surface area contributed by atoms with Crippen LogP contribution in [0, 0.1) is 5.92 Å². The minimum atomic E-state index is -0.0479. The molecule has 0 spiro atoms. The van der Waals surface area contributed by atoms with Crippen molar-refractivity contribution in [2.75, 3.05) is 32.0 Å². The minimum absolute atomic E-state index is 0.0479. The highest BCUT2D eigenvalue weighted by molar-refractivity contribution is 7.13. The third-order valence-electron chi connectivity index (χ3n) is 4.61. The van der Waals surface area contributed by atoms with Crippen LogP contribution >= 0.6 is 11.3 Å². The molecule has 2 aliphatic heterocycles. The van der Waals surface area contributed by atoms with Crippen LogP contribution in [0.2, 0.25) is 0 Å². The van der Waals surface area contributed by atoms with Gasteiger partial charge in [-0.25, -0.2) is 0 Å².